The van der Waals surface area contributed by atoms with Crippen LogP contribution in [-0.2, 0) is 10.5 Å². The number of nitrogens with zero attached hydrogens (tertiary/aromatic N) is 1. The number of anilines is 2. The lowest BCUT2D eigenvalue weighted by molar-refractivity contribution is -0.113. The third kappa shape index (κ3) is 6.15. The molecular formula is C19H15BrFN3O2S2. The summed E-state index contributed by atoms with van der Waals surface area (Å²) in [4.78, 5) is 28.5. The first-order valence-corrected chi connectivity index (χ1v) is 11.0. The van der Waals surface area contributed by atoms with Gasteiger partial charge < -0.3 is 5.32 Å². The number of rotatable bonds is 7. The zero-order valence-corrected chi connectivity index (χ0v) is 17.7. The van der Waals surface area contributed by atoms with E-state index < -0.39 is 0 Å². The molecule has 0 aliphatic heterocycles. The Morgan fingerprint density at radius 1 is 1.07 bits per heavy atom. The van der Waals surface area contributed by atoms with E-state index in [1.54, 1.807) is 24.3 Å². The number of aromatic nitrogens is 1. The molecule has 0 atom stereocenters. The molecule has 1 heterocycles. The van der Waals surface area contributed by atoms with Gasteiger partial charge in [0.05, 0.1) is 11.4 Å². The van der Waals surface area contributed by atoms with Gasteiger partial charge in [0.25, 0.3) is 5.91 Å². The molecule has 1 aromatic heterocycles. The Labute approximate surface area is 177 Å². The smallest absolute Gasteiger partial charge is 0.257 e. The number of benzene rings is 2. The minimum Gasteiger partial charge on any atom is -0.325 e. The number of hydrogen-bond acceptors (Lipinski definition) is 5. The van der Waals surface area contributed by atoms with Crippen LogP contribution in [-0.4, -0.2) is 22.6 Å². The van der Waals surface area contributed by atoms with Crippen LogP contribution in [0.15, 0.2) is 58.4 Å². The van der Waals surface area contributed by atoms with E-state index in [9.17, 15) is 14.0 Å². The van der Waals surface area contributed by atoms with Crippen molar-refractivity contribution in [1.82, 2.24) is 4.98 Å². The summed E-state index contributed by atoms with van der Waals surface area (Å²) >= 11 is 6.08. The number of thiazole rings is 1. The molecule has 0 bridgehead atoms. The Morgan fingerprint density at radius 3 is 2.50 bits per heavy atom. The predicted octanol–water partition coefficient (Wildman–Crippen LogP) is 5.17. The van der Waals surface area contributed by atoms with Gasteiger partial charge >= 0.3 is 0 Å². The van der Waals surface area contributed by atoms with Crippen molar-refractivity contribution in [3.8, 4) is 0 Å². The highest BCUT2D eigenvalue weighted by Crippen LogP contribution is 2.21. The van der Waals surface area contributed by atoms with Crippen molar-refractivity contribution in [2.45, 2.75) is 5.75 Å². The van der Waals surface area contributed by atoms with E-state index in [4.69, 9.17) is 0 Å². The van der Waals surface area contributed by atoms with E-state index in [1.807, 2.05) is 5.38 Å². The van der Waals surface area contributed by atoms with Gasteiger partial charge in [-0.3, -0.25) is 14.9 Å². The number of nitrogens with one attached hydrogen (secondary N) is 2. The van der Waals surface area contributed by atoms with Crippen LogP contribution in [0.2, 0.25) is 0 Å². The highest BCUT2D eigenvalue weighted by molar-refractivity contribution is 9.10. The van der Waals surface area contributed by atoms with Gasteiger partial charge in [-0.1, -0.05) is 15.9 Å². The van der Waals surface area contributed by atoms with Crippen LogP contribution in [0.3, 0.4) is 0 Å². The Balaban J connectivity index is 1.44. The molecule has 28 heavy (non-hydrogen) atoms. The molecule has 0 aliphatic rings. The van der Waals surface area contributed by atoms with Gasteiger partial charge in [-0.25, -0.2) is 9.37 Å². The minimum atomic E-state index is -0.348. The maximum absolute atomic E-state index is 12.9. The maximum atomic E-state index is 12.9. The fourth-order valence-corrected chi connectivity index (χ4v) is 3.97. The van der Waals surface area contributed by atoms with Crippen molar-refractivity contribution in [1.29, 1.82) is 0 Å². The van der Waals surface area contributed by atoms with Gasteiger partial charge in [0.2, 0.25) is 5.91 Å². The summed E-state index contributed by atoms with van der Waals surface area (Å²) in [5.41, 5.74) is 1.89. The lowest BCUT2D eigenvalue weighted by atomic mass is 10.2. The monoisotopic (exact) mass is 479 g/mol. The summed E-state index contributed by atoms with van der Waals surface area (Å²) in [5.74, 6) is 0.0473. The first-order chi connectivity index (χ1) is 13.5. The van der Waals surface area contributed by atoms with Gasteiger partial charge in [0.15, 0.2) is 5.13 Å². The Kier molecular flexibility index (Phi) is 7.18. The third-order valence-electron chi connectivity index (χ3n) is 3.49. The van der Waals surface area contributed by atoms with Crippen LogP contribution in [0.1, 0.15) is 16.1 Å². The van der Waals surface area contributed by atoms with Gasteiger partial charge in [-0.05, 0) is 48.5 Å². The number of carbonyl (C=O) groups is 2. The Hall–Kier alpha value is -2.23. The second-order valence-electron chi connectivity index (χ2n) is 5.65. The molecule has 0 saturated carbocycles. The molecule has 0 radical (unpaired) electrons. The third-order valence-corrected chi connectivity index (χ3v) is 5.79. The fourth-order valence-electron chi connectivity index (χ4n) is 2.18. The summed E-state index contributed by atoms with van der Waals surface area (Å²) in [6, 6.07) is 12.7. The quantitative estimate of drug-likeness (QED) is 0.490. The maximum Gasteiger partial charge on any atom is 0.257 e. The second kappa shape index (κ2) is 9.81. The molecule has 0 saturated heterocycles. The molecule has 3 aromatic rings. The lowest BCUT2D eigenvalue weighted by Gasteiger charge is -2.04. The highest BCUT2D eigenvalue weighted by atomic mass is 79.9. The lowest BCUT2D eigenvalue weighted by Crippen LogP contribution is -2.14. The number of amides is 2. The molecule has 2 aromatic carbocycles. The number of carbonyl (C=O) groups excluding carboxylic acids is 2. The molecule has 0 spiro atoms. The average Bonchev–Trinajstić information content (AvgIpc) is 3.11. The largest absolute Gasteiger partial charge is 0.325 e. The summed E-state index contributed by atoms with van der Waals surface area (Å²) in [6.45, 7) is 0. The molecule has 144 valence electrons. The van der Waals surface area contributed by atoms with E-state index in [1.165, 1.54) is 47.4 Å². The van der Waals surface area contributed by atoms with Crippen LogP contribution in [0.4, 0.5) is 15.2 Å². The standard InChI is InChI=1S/C19H15BrFN3O2S2/c20-13-3-1-12(2-4-13)18(26)24-19-23-16(10-28-19)9-27-11-17(25)22-15-7-5-14(21)6-8-15/h1-8,10H,9,11H2,(H,22,25)(H,23,24,26). The fraction of sp³-hybridized carbons (Fsp3) is 0.105. The van der Waals surface area contributed by atoms with E-state index in [-0.39, 0.29) is 23.4 Å². The van der Waals surface area contributed by atoms with Crippen molar-refractivity contribution in [3.05, 3.63) is 75.5 Å². The summed E-state index contributed by atoms with van der Waals surface area (Å²) in [7, 11) is 0. The topological polar surface area (TPSA) is 71.1 Å². The SMILES string of the molecule is O=C(CSCc1csc(NC(=O)c2ccc(Br)cc2)n1)Nc1ccc(F)cc1. The molecule has 3 rings (SSSR count). The molecule has 5 nitrogen and oxygen atoms in total. The molecule has 2 amide bonds. The van der Waals surface area contributed by atoms with Crippen molar-refractivity contribution in [3.63, 3.8) is 0 Å². The average molecular weight is 480 g/mol. The normalized spacial score (nSPS) is 10.5. The van der Waals surface area contributed by atoms with Crippen LogP contribution in [0.5, 0.6) is 0 Å². The van der Waals surface area contributed by atoms with Gasteiger partial charge in [-0.15, -0.1) is 23.1 Å². The molecule has 0 aliphatic carbocycles. The minimum absolute atomic E-state index is 0.171. The molecular weight excluding hydrogens is 465 g/mol. The summed E-state index contributed by atoms with van der Waals surface area (Å²) < 4.78 is 13.8. The Morgan fingerprint density at radius 2 is 1.79 bits per heavy atom. The second-order valence-corrected chi connectivity index (χ2v) is 8.41. The zero-order valence-electron chi connectivity index (χ0n) is 14.4. The predicted molar refractivity (Wildman–Crippen MR) is 115 cm³/mol. The van der Waals surface area contributed by atoms with Crippen LogP contribution >= 0.6 is 39.0 Å². The zero-order chi connectivity index (χ0) is 19.9. The molecule has 9 heteroatoms. The van der Waals surface area contributed by atoms with Crippen molar-refractivity contribution >= 4 is 61.7 Å². The first kappa shape index (κ1) is 20.5. The van der Waals surface area contributed by atoms with Crippen molar-refractivity contribution in [2.24, 2.45) is 0 Å². The summed E-state index contributed by atoms with van der Waals surface area (Å²) in [6.07, 6.45) is 0. The van der Waals surface area contributed by atoms with Crippen LogP contribution < -0.4 is 10.6 Å². The molecule has 0 fully saturated rings. The van der Waals surface area contributed by atoms with Crippen molar-refractivity contribution < 1.29 is 14.0 Å². The van der Waals surface area contributed by atoms with Gasteiger partial charge in [0.1, 0.15) is 5.82 Å². The van der Waals surface area contributed by atoms with Crippen LogP contribution in [0.25, 0.3) is 0 Å². The van der Waals surface area contributed by atoms with Crippen LogP contribution in [0, 0.1) is 5.82 Å². The number of thioether (sulfide) groups is 1. The summed E-state index contributed by atoms with van der Waals surface area (Å²) in [5, 5.41) is 7.84. The van der Waals surface area contributed by atoms with E-state index in [2.05, 4.69) is 31.5 Å². The number of hydrogen-bond donors (Lipinski definition) is 2. The molecule has 2 N–H and O–H groups in total. The first-order valence-electron chi connectivity index (χ1n) is 8.14. The van der Waals surface area contributed by atoms with Gasteiger partial charge in [0, 0.05) is 26.9 Å². The van der Waals surface area contributed by atoms with Gasteiger partial charge in [-0.2, -0.15) is 0 Å². The highest BCUT2D eigenvalue weighted by Gasteiger charge is 2.10. The van der Waals surface area contributed by atoms with E-state index in [0.717, 1.165) is 10.2 Å². The van der Waals surface area contributed by atoms with Crippen molar-refractivity contribution in [2.75, 3.05) is 16.4 Å². The van der Waals surface area contributed by atoms with E-state index in [0.29, 0.717) is 22.1 Å². The van der Waals surface area contributed by atoms with E-state index >= 15 is 0 Å². The molecule has 0 unspecified atom stereocenters. The number of halogens is 2. The Bertz CT molecular complexity index is 962.